The first kappa shape index (κ1) is 42.1. The number of ether oxygens (including phenoxy) is 3. The maximum absolute atomic E-state index is 14.8. The molecule has 2 aliphatic heterocycles. The normalized spacial score (nSPS) is 29.5. The highest BCUT2D eigenvalue weighted by molar-refractivity contribution is 7.91. The Morgan fingerprint density at radius 3 is 2.47 bits per heavy atom. The summed E-state index contributed by atoms with van der Waals surface area (Å²) in [6, 6.07) is 4.45. The van der Waals surface area contributed by atoms with Gasteiger partial charge in [0.1, 0.15) is 41.7 Å². The van der Waals surface area contributed by atoms with Gasteiger partial charge in [-0.3, -0.25) is 19.1 Å². The molecule has 0 unspecified atom stereocenters. The van der Waals surface area contributed by atoms with E-state index in [1.807, 2.05) is 26.0 Å². The molecule has 2 aromatic rings. The Morgan fingerprint density at radius 2 is 1.81 bits per heavy atom. The predicted molar refractivity (Wildman–Crippen MR) is 206 cm³/mol. The second kappa shape index (κ2) is 16.0. The van der Waals surface area contributed by atoms with E-state index in [1.54, 1.807) is 52.0 Å². The molecule has 2 aliphatic carbocycles. The molecular formula is C40H53F2N5O9S. The molecule has 312 valence electrons. The van der Waals surface area contributed by atoms with Crippen LogP contribution in [0.15, 0.2) is 42.6 Å². The second-order valence-corrected chi connectivity index (χ2v) is 19.5. The van der Waals surface area contributed by atoms with Gasteiger partial charge in [0.05, 0.1) is 17.5 Å². The number of fused-ring (bicyclic) bond motifs is 3. The smallest absolute Gasteiger partial charge is 0.408 e. The number of benzene rings is 1. The first-order chi connectivity index (χ1) is 26.7. The van der Waals surface area contributed by atoms with Gasteiger partial charge in [0.15, 0.2) is 0 Å². The number of alkyl halides is 2. The fraction of sp³-hybridized carbons (Fsp3) is 0.625. The van der Waals surface area contributed by atoms with E-state index in [4.69, 9.17) is 14.2 Å². The van der Waals surface area contributed by atoms with E-state index in [0.29, 0.717) is 36.5 Å². The molecule has 0 spiro atoms. The number of sulfonamides is 1. The van der Waals surface area contributed by atoms with Gasteiger partial charge in [0.2, 0.25) is 27.7 Å². The van der Waals surface area contributed by atoms with Crippen LogP contribution in [0, 0.1) is 17.8 Å². The summed E-state index contributed by atoms with van der Waals surface area (Å²) in [5.41, 5.74) is -2.45. The lowest BCUT2D eigenvalue weighted by atomic mass is 9.88. The third kappa shape index (κ3) is 9.44. The Kier molecular flexibility index (Phi) is 11.8. The van der Waals surface area contributed by atoms with Crippen LogP contribution < -0.4 is 24.8 Å². The van der Waals surface area contributed by atoms with Crippen molar-refractivity contribution < 1.29 is 50.6 Å². The SMILES string of the molecule is C[C@@H]1CC/C=C\[C@@H]2C[C@@]2(C(=O)NS(=O)(=O)C2(C)CC2)NC(=O)[C@@H]2C[C@@H](Oc3ncc(OCC(F)F)c4ccccc34)CN2C(=O)[C@@H](NC(=O)OC(C)(C)C)[C@H](C)C1. The number of alkyl carbamates (subject to hydrolysis) is 1. The molecule has 0 radical (unpaired) electrons. The van der Waals surface area contributed by atoms with Gasteiger partial charge in [-0.1, -0.05) is 44.2 Å². The number of hydrogen-bond donors (Lipinski definition) is 3. The van der Waals surface area contributed by atoms with E-state index in [0.717, 1.165) is 6.42 Å². The van der Waals surface area contributed by atoms with Crippen molar-refractivity contribution in [1.29, 1.82) is 0 Å². The van der Waals surface area contributed by atoms with Crippen molar-refractivity contribution in [1.82, 2.24) is 25.2 Å². The molecule has 7 atom stereocenters. The minimum atomic E-state index is -4.04. The van der Waals surface area contributed by atoms with Crippen molar-refractivity contribution in [3.63, 3.8) is 0 Å². The van der Waals surface area contributed by atoms with E-state index < -0.39 is 92.8 Å². The zero-order chi connectivity index (χ0) is 41.5. The van der Waals surface area contributed by atoms with Crippen molar-refractivity contribution in [3.05, 3.63) is 42.6 Å². The molecule has 4 amide bonds. The second-order valence-electron chi connectivity index (χ2n) is 17.3. The molecule has 14 nitrogen and oxygen atoms in total. The molecular weight excluding hydrogens is 765 g/mol. The molecule has 57 heavy (non-hydrogen) atoms. The van der Waals surface area contributed by atoms with Gasteiger partial charge in [-0.15, -0.1) is 0 Å². The van der Waals surface area contributed by atoms with Gasteiger partial charge < -0.3 is 29.7 Å². The van der Waals surface area contributed by atoms with Crippen molar-refractivity contribution in [2.45, 2.75) is 127 Å². The number of pyridine rings is 1. The summed E-state index contributed by atoms with van der Waals surface area (Å²) < 4.78 is 70.8. The molecule has 6 rings (SSSR count). The zero-order valence-corrected chi connectivity index (χ0v) is 34.0. The van der Waals surface area contributed by atoms with Crippen LogP contribution in [-0.2, 0) is 29.1 Å². The number of rotatable bonds is 9. The fourth-order valence-electron chi connectivity index (χ4n) is 7.69. The lowest BCUT2D eigenvalue weighted by Crippen LogP contribution is -2.59. The van der Waals surface area contributed by atoms with Gasteiger partial charge >= 0.3 is 6.09 Å². The molecule has 17 heteroatoms. The average molecular weight is 818 g/mol. The van der Waals surface area contributed by atoms with Gasteiger partial charge in [-0.05, 0) is 84.1 Å². The van der Waals surface area contributed by atoms with Crippen LogP contribution in [0.5, 0.6) is 11.6 Å². The lowest BCUT2D eigenvalue weighted by Gasteiger charge is -2.33. The molecule has 1 aromatic carbocycles. The number of allylic oxidation sites excluding steroid dienone is 1. The minimum Gasteiger partial charge on any atom is -0.485 e. The summed E-state index contributed by atoms with van der Waals surface area (Å²) >= 11 is 0. The van der Waals surface area contributed by atoms with E-state index >= 15 is 0 Å². The first-order valence-corrected chi connectivity index (χ1v) is 21.0. The minimum absolute atomic E-state index is 0.0598. The number of hydrogen-bond acceptors (Lipinski definition) is 10. The van der Waals surface area contributed by atoms with E-state index in [1.165, 1.54) is 11.1 Å². The Hall–Kier alpha value is -4.54. The van der Waals surface area contributed by atoms with Crippen LogP contribution in [0.1, 0.15) is 86.5 Å². The predicted octanol–water partition coefficient (Wildman–Crippen LogP) is 5.01. The van der Waals surface area contributed by atoms with Crippen molar-refractivity contribution in [2.24, 2.45) is 17.8 Å². The molecule has 3 fully saturated rings. The van der Waals surface area contributed by atoms with E-state index in [-0.39, 0.29) is 36.9 Å². The van der Waals surface area contributed by atoms with E-state index in [9.17, 15) is 36.4 Å². The van der Waals surface area contributed by atoms with Crippen LogP contribution >= 0.6 is 0 Å². The van der Waals surface area contributed by atoms with Crippen LogP contribution in [0.2, 0.25) is 0 Å². The van der Waals surface area contributed by atoms with Gasteiger partial charge in [-0.25, -0.2) is 27.0 Å². The third-order valence-corrected chi connectivity index (χ3v) is 13.4. The first-order valence-electron chi connectivity index (χ1n) is 19.5. The summed E-state index contributed by atoms with van der Waals surface area (Å²) in [4.78, 5) is 62.1. The van der Waals surface area contributed by atoms with Crippen molar-refractivity contribution in [2.75, 3.05) is 13.2 Å². The Bertz CT molecular complexity index is 2020. The van der Waals surface area contributed by atoms with Gasteiger partial charge in [-0.2, -0.15) is 0 Å². The third-order valence-electron chi connectivity index (χ3n) is 11.3. The molecule has 2 saturated carbocycles. The van der Waals surface area contributed by atoms with Crippen LogP contribution in [-0.4, -0.2) is 95.8 Å². The number of nitrogens with zero attached hydrogens (tertiary/aromatic N) is 2. The van der Waals surface area contributed by atoms with Crippen molar-refractivity contribution >= 4 is 44.6 Å². The molecule has 3 heterocycles. The average Bonchev–Trinajstić information content (AvgIpc) is 4.00. The molecule has 4 aliphatic rings. The standard InChI is InChI=1S/C40H53F2N5O9S/c1-23-11-7-8-12-25-19-40(25,36(50)46-57(52,53)39(6)15-16-39)45-33(48)29-18-26(21-47(29)35(49)32(24(2)17-23)44-37(51)56-38(3,4)5)55-34-28-14-10-9-13-27(28)30(20-43-34)54-22-31(41)42/h8-10,12-14,20,23-26,29,31-32H,7,11,15-19,21-22H2,1-6H3,(H,44,51)(H,45,48)(H,46,50)/b12-8-/t23-,24-,25-,26-,29+,32+,40-/m1/s1. The van der Waals surface area contributed by atoms with Crippen LogP contribution in [0.25, 0.3) is 10.8 Å². The maximum Gasteiger partial charge on any atom is 0.408 e. The Morgan fingerprint density at radius 1 is 1.11 bits per heavy atom. The lowest BCUT2D eigenvalue weighted by molar-refractivity contribution is -0.142. The van der Waals surface area contributed by atoms with Gasteiger partial charge in [0, 0.05) is 23.1 Å². The molecule has 1 saturated heterocycles. The van der Waals surface area contributed by atoms with Crippen molar-refractivity contribution in [3.8, 4) is 11.6 Å². The topological polar surface area (TPSA) is 182 Å². The summed E-state index contributed by atoms with van der Waals surface area (Å²) in [5.74, 6) is -2.65. The van der Waals surface area contributed by atoms with Crippen LogP contribution in [0.3, 0.4) is 0 Å². The summed E-state index contributed by atoms with van der Waals surface area (Å²) in [6.45, 7) is 9.62. The highest BCUT2D eigenvalue weighted by Crippen LogP contribution is 2.47. The number of carbonyl (C=O) groups is 4. The van der Waals surface area contributed by atoms with Crippen LogP contribution in [0.4, 0.5) is 13.6 Å². The zero-order valence-electron chi connectivity index (χ0n) is 33.2. The largest absolute Gasteiger partial charge is 0.485 e. The Labute approximate surface area is 331 Å². The highest BCUT2D eigenvalue weighted by Gasteiger charge is 2.63. The highest BCUT2D eigenvalue weighted by atomic mass is 32.2. The fourth-order valence-corrected chi connectivity index (χ4v) is 9.00. The molecule has 0 bridgehead atoms. The monoisotopic (exact) mass is 817 g/mol. The quantitative estimate of drug-likeness (QED) is 0.291. The summed E-state index contributed by atoms with van der Waals surface area (Å²) in [5, 5.41) is 6.53. The number of halogens is 2. The van der Waals surface area contributed by atoms with E-state index in [2.05, 4.69) is 20.3 Å². The number of amides is 4. The summed E-state index contributed by atoms with van der Waals surface area (Å²) in [7, 11) is -4.04. The molecule has 3 N–H and O–H groups in total. The molecule has 1 aromatic heterocycles. The maximum atomic E-state index is 14.8. The number of aromatic nitrogens is 1. The number of nitrogens with one attached hydrogen (secondary N) is 3. The Balaban J connectivity index is 1.34. The summed E-state index contributed by atoms with van der Waals surface area (Å²) in [6.07, 6.45) is 3.52. The number of carbonyl (C=O) groups excluding carboxylic acids is 4. The van der Waals surface area contributed by atoms with Gasteiger partial charge in [0.25, 0.3) is 12.3 Å².